The van der Waals surface area contributed by atoms with E-state index in [-0.39, 0.29) is 12.2 Å². The number of aryl methyl sites for hydroxylation is 2. The number of halogens is 1. The number of nitriles is 1. The van der Waals surface area contributed by atoms with E-state index in [0.29, 0.717) is 26.3 Å². The Balaban J connectivity index is 2.04. The average Bonchev–Trinajstić information content (AvgIpc) is 2.69. The third kappa shape index (κ3) is 4.69. The Morgan fingerprint density at radius 2 is 1.81 bits per heavy atom. The first kappa shape index (κ1) is 22.3. The summed E-state index contributed by atoms with van der Waals surface area (Å²) in [4.78, 5) is 38.9. The molecule has 0 spiro atoms. The lowest BCUT2D eigenvalue weighted by atomic mass is 10.0. The van der Waals surface area contributed by atoms with Crippen LogP contribution in [0.2, 0.25) is 0 Å². The van der Waals surface area contributed by atoms with Crippen LogP contribution < -0.4 is 19.7 Å². The number of methoxy groups -OCH3 is 1. The fourth-order valence-corrected chi connectivity index (χ4v) is 3.99. The van der Waals surface area contributed by atoms with Crippen LogP contribution in [-0.2, 0) is 9.59 Å². The number of benzene rings is 2. The Kier molecular flexibility index (Phi) is 6.60. The third-order valence-corrected chi connectivity index (χ3v) is 5.21. The maximum Gasteiger partial charge on any atom is 0.335 e. The van der Waals surface area contributed by atoms with Gasteiger partial charge < -0.3 is 9.47 Å². The number of nitrogens with one attached hydrogen (secondary N) is 1. The zero-order chi connectivity index (χ0) is 22.7. The first-order valence-corrected chi connectivity index (χ1v) is 10.2. The van der Waals surface area contributed by atoms with E-state index in [1.807, 2.05) is 48.6 Å². The number of hydrogen-bond acceptors (Lipinski definition) is 6. The van der Waals surface area contributed by atoms with Gasteiger partial charge in [0.25, 0.3) is 11.8 Å². The number of carbonyl (C=O) groups excluding carboxylic acids is 3. The highest BCUT2D eigenvalue weighted by atomic mass is 127. The van der Waals surface area contributed by atoms with Gasteiger partial charge >= 0.3 is 6.03 Å². The molecule has 31 heavy (non-hydrogen) atoms. The summed E-state index contributed by atoms with van der Waals surface area (Å²) in [6.07, 6.45) is 1.39. The van der Waals surface area contributed by atoms with Crippen molar-refractivity contribution in [2.75, 3.05) is 18.6 Å². The van der Waals surface area contributed by atoms with Crippen LogP contribution in [0.5, 0.6) is 11.5 Å². The topological polar surface area (TPSA) is 109 Å². The molecule has 2 aromatic carbocycles. The molecule has 0 aromatic heterocycles. The van der Waals surface area contributed by atoms with E-state index in [1.165, 1.54) is 13.2 Å². The van der Waals surface area contributed by atoms with Crippen LogP contribution in [0, 0.1) is 28.7 Å². The molecule has 1 aliphatic rings. The number of barbiturate groups is 1. The first-order valence-electron chi connectivity index (χ1n) is 9.12. The summed E-state index contributed by atoms with van der Waals surface area (Å²) in [7, 11) is 1.44. The molecule has 0 atom stereocenters. The van der Waals surface area contributed by atoms with Crippen molar-refractivity contribution in [3.63, 3.8) is 0 Å². The molecule has 1 N–H and O–H groups in total. The number of ether oxygens (including phenoxy) is 2. The highest BCUT2D eigenvalue weighted by Gasteiger charge is 2.37. The number of carbonyl (C=O) groups is 3. The zero-order valence-electron chi connectivity index (χ0n) is 17.0. The standard InChI is InChI=1S/C22H18IN3O5/c1-12-6-13(2)8-15(7-12)26-21(28)16(20(27)25-22(26)29)9-14-10-17(23)19(31-5-4-24)18(11-14)30-3/h6-11H,5H2,1-3H3,(H,25,27,29)/b16-9+. The Morgan fingerprint density at radius 1 is 1.13 bits per heavy atom. The predicted octanol–water partition coefficient (Wildman–Crippen LogP) is 3.49. The van der Waals surface area contributed by atoms with Gasteiger partial charge in [0.2, 0.25) is 0 Å². The maximum absolute atomic E-state index is 13.1. The van der Waals surface area contributed by atoms with Crippen LogP contribution in [0.3, 0.4) is 0 Å². The minimum atomic E-state index is -0.801. The zero-order valence-corrected chi connectivity index (χ0v) is 19.1. The monoisotopic (exact) mass is 531 g/mol. The Morgan fingerprint density at radius 3 is 2.42 bits per heavy atom. The number of amides is 4. The van der Waals surface area contributed by atoms with Crippen molar-refractivity contribution >= 4 is 52.2 Å². The molecule has 1 saturated heterocycles. The molecule has 8 nitrogen and oxygen atoms in total. The molecule has 2 aromatic rings. The van der Waals surface area contributed by atoms with Gasteiger partial charge in [0.1, 0.15) is 11.6 Å². The van der Waals surface area contributed by atoms with Crippen LogP contribution in [0.15, 0.2) is 35.9 Å². The number of imide groups is 2. The number of hydrogen-bond donors (Lipinski definition) is 1. The maximum atomic E-state index is 13.1. The summed E-state index contributed by atoms with van der Waals surface area (Å²) in [6.45, 7) is 3.56. The van der Waals surface area contributed by atoms with Crippen LogP contribution >= 0.6 is 22.6 Å². The van der Waals surface area contributed by atoms with Gasteiger partial charge in [-0.15, -0.1) is 0 Å². The van der Waals surface area contributed by atoms with Gasteiger partial charge in [-0.2, -0.15) is 5.26 Å². The lowest BCUT2D eigenvalue weighted by Gasteiger charge is -2.27. The lowest BCUT2D eigenvalue weighted by molar-refractivity contribution is -0.122. The van der Waals surface area contributed by atoms with Crippen molar-refractivity contribution in [1.29, 1.82) is 5.26 Å². The van der Waals surface area contributed by atoms with Gasteiger partial charge in [-0.3, -0.25) is 14.9 Å². The Hall–Kier alpha value is -3.39. The quantitative estimate of drug-likeness (QED) is 0.360. The van der Waals surface area contributed by atoms with Gasteiger partial charge in [-0.05, 0) is 83.5 Å². The first-order chi connectivity index (χ1) is 14.7. The van der Waals surface area contributed by atoms with Gasteiger partial charge in [-0.1, -0.05) is 6.07 Å². The SMILES string of the molecule is COc1cc(/C=C2\C(=O)NC(=O)N(c3cc(C)cc(C)c3)C2=O)cc(I)c1OCC#N. The molecule has 0 radical (unpaired) electrons. The summed E-state index contributed by atoms with van der Waals surface area (Å²) in [5.41, 5.74) is 2.45. The largest absolute Gasteiger partial charge is 0.493 e. The second-order valence-corrected chi connectivity index (χ2v) is 7.95. The normalized spacial score (nSPS) is 15.0. The fraction of sp³-hybridized carbons (Fsp3) is 0.182. The van der Waals surface area contributed by atoms with Gasteiger partial charge in [0.05, 0.1) is 16.4 Å². The number of urea groups is 1. The molecular weight excluding hydrogens is 513 g/mol. The van der Waals surface area contributed by atoms with E-state index in [2.05, 4.69) is 5.32 Å². The molecule has 1 aliphatic heterocycles. The molecule has 1 heterocycles. The second kappa shape index (κ2) is 9.18. The highest BCUT2D eigenvalue weighted by molar-refractivity contribution is 14.1. The van der Waals surface area contributed by atoms with Gasteiger partial charge in [0.15, 0.2) is 18.1 Å². The summed E-state index contributed by atoms with van der Waals surface area (Å²) in [5.74, 6) is -0.773. The van der Waals surface area contributed by atoms with Gasteiger partial charge in [0, 0.05) is 0 Å². The number of rotatable bonds is 5. The third-order valence-electron chi connectivity index (χ3n) is 4.41. The molecule has 1 fully saturated rings. The smallest absolute Gasteiger partial charge is 0.335 e. The van der Waals surface area contributed by atoms with Crippen LogP contribution in [0.4, 0.5) is 10.5 Å². The summed E-state index contributed by atoms with van der Waals surface area (Å²) in [5, 5.41) is 11.0. The second-order valence-electron chi connectivity index (χ2n) is 6.78. The van der Waals surface area contributed by atoms with Crippen molar-refractivity contribution in [1.82, 2.24) is 5.32 Å². The lowest BCUT2D eigenvalue weighted by Crippen LogP contribution is -2.54. The van der Waals surface area contributed by atoms with Crippen LogP contribution in [0.1, 0.15) is 16.7 Å². The molecule has 0 bridgehead atoms. The molecule has 9 heteroatoms. The van der Waals surface area contributed by atoms with Crippen molar-refractivity contribution < 1.29 is 23.9 Å². The number of anilines is 1. The van der Waals surface area contributed by atoms with Crippen molar-refractivity contribution in [3.8, 4) is 17.6 Å². The molecule has 0 unspecified atom stereocenters. The summed E-state index contributed by atoms with van der Waals surface area (Å²) >= 11 is 2.01. The molecule has 0 aliphatic carbocycles. The molecule has 4 amide bonds. The fourth-order valence-electron chi connectivity index (χ4n) is 3.21. The molecular formula is C22H18IN3O5. The molecule has 3 rings (SSSR count). The van der Waals surface area contributed by atoms with E-state index in [0.717, 1.165) is 16.0 Å². The summed E-state index contributed by atoms with van der Waals surface area (Å²) in [6, 6.07) is 9.67. The highest BCUT2D eigenvalue weighted by Crippen LogP contribution is 2.35. The van der Waals surface area contributed by atoms with Crippen LogP contribution in [0.25, 0.3) is 6.08 Å². The summed E-state index contributed by atoms with van der Waals surface area (Å²) < 4.78 is 11.3. The van der Waals surface area contributed by atoms with Crippen LogP contribution in [-0.4, -0.2) is 31.6 Å². The van der Waals surface area contributed by atoms with Gasteiger partial charge in [-0.25, -0.2) is 9.69 Å². The minimum absolute atomic E-state index is 0.152. The Bertz CT molecular complexity index is 1150. The average molecular weight is 531 g/mol. The molecule has 0 saturated carbocycles. The van der Waals surface area contributed by atoms with E-state index in [1.54, 1.807) is 24.3 Å². The van der Waals surface area contributed by atoms with Crippen molar-refractivity contribution in [2.45, 2.75) is 13.8 Å². The van der Waals surface area contributed by atoms with E-state index in [4.69, 9.17) is 14.7 Å². The van der Waals surface area contributed by atoms with E-state index < -0.39 is 17.8 Å². The van der Waals surface area contributed by atoms with Crippen molar-refractivity contribution in [3.05, 3.63) is 56.2 Å². The number of nitrogens with zero attached hydrogens (tertiary/aromatic N) is 2. The predicted molar refractivity (Wildman–Crippen MR) is 122 cm³/mol. The minimum Gasteiger partial charge on any atom is -0.493 e. The Labute approximate surface area is 192 Å². The van der Waals surface area contributed by atoms with E-state index >= 15 is 0 Å². The van der Waals surface area contributed by atoms with E-state index in [9.17, 15) is 14.4 Å². The molecule has 158 valence electrons. The van der Waals surface area contributed by atoms with Crippen molar-refractivity contribution in [2.24, 2.45) is 0 Å².